The van der Waals surface area contributed by atoms with E-state index in [1.54, 1.807) is 31.2 Å². The van der Waals surface area contributed by atoms with Crippen LogP contribution in [0.3, 0.4) is 0 Å². The van der Waals surface area contributed by atoms with Gasteiger partial charge in [0, 0.05) is 13.0 Å². The van der Waals surface area contributed by atoms with Crippen LogP contribution in [-0.4, -0.2) is 18.6 Å². The van der Waals surface area contributed by atoms with E-state index in [0.717, 1.165) is 0 Å². The van der Waals surface area contributed by atoms with E-state index in [1.807, 2.05) is 0 Å². The van der Waals surface area contributed by atoms with Gasteiger partial charge in [0.15, 0.2) is 0 Å². The number of nitrogen functional groups attached to an aromatic ring is 1. The molecule has 1 aromatic carbocycles. The number of hydrogen-bond acceptors (Lipinski definition) is 2. The molecule has 1 rings (SSSR count). The predicted molar refractivity (Wildman–Crippen MR) is 64.2 cm³/mol. The summed E-state index contributed by atoms with van der Waals surface area (Å²) in [5, 5.41) is 0. The predicted octanol–water partition coefficient (Wildman–Crippen LogP) is 2.96. The zero-order valence-electron chi connectivity index (χ0n) is 10.00. The molecule has 0 unspecified atom stereocenters. The number of para-hydroxylation sites is 2. The van der Waals surface area contributed by atoms with Gasteiger partial charge in [-0.3, -0.25) is 4.79 Å². The minimum atomic E-state index is -4.32. The van der Waals surface area contributed by atoms with Crippen molar-refractivity contribution in [3.8, 4) is 0 Å². The first-order chi connectivity index (χ1) is 8.35. The summed E-state index contributed by atoms with van der Waals surface area (Å²) in [4.78, 5) is 13.0. The fourth-order valence-corrected chi connectivity index (χ4v) is 1.60. The maximum atomic E-state index is 12.1. The lowest BCUT2D eigenvalue weighted by Crippen LogP contribution is -2.32. The van der Waals surface area contributed by atoms with Crippen LogP contribution in [0.4, 0.5) is 24.5 Å². The second-order valence-corrected chi connectivity index (χ2v) is 3.81. The number of hydrogen-bond donors (Lipinski definition) is 1. The van der Waals surface area contributed by atoms with Gasteiger partial charge in [-0.1, -0.05) is 12.1 Å². The third-order valence-corrected chi connectivity index (χ3v) is 2.47. The van der Waals surface area contributed by atoms with E-state index >= 15 is 0 Å². The summed E-state index contributed by atoms with van der Waals surface area (Å²) < 4.78 is 36.2. The first-order valence-electron chi connectivity index (χ1n) is 5.56. The summed E-state index contributed by atoms with van der Waals surface area (Å²) in [5.41, 5.74) is 6.53. The van der Waals surface area contributed by atoms with Gasteiger partial charge in [0.05, 0.1) is 17.8 Å². The summed E-state index contributed by atoms with van der Waals surface area (Å²) in [5.74, 6) is -0.576. The Morgan fingerprint density at radius 1 is 1.33 bits per heavy atom. The minimum Gasteiger partial charge on any atom is -0.397 e. The van der Waals surface area contributed by atoms with Gasteiger partial charge in [-0.25, -0.2) is 0 Å². The number of amides is 1. The molecule has 6 heteroatoms. The Morgan fingerprint density at radius 2 is 1.94 bits per heavy atom. The van der Waals surface area contributed by atoms with Crippen molar-refractivity contribution < 1.29 is 18.0 Å². The number of benzene rings is 1. The first-order valence-corrected chi connectivity index (χ1v) is 5.56. The molecule has 0 aliphatic carbocycles. The Hall–Kier alpha value is -1.72. The maximum Gasteiger partial charge on any atom is 0.389 e. The molecule has 0 bridgehead atoms. The van der Waals surface area contributed by atoms with Crippen molar-refractivity contribution in [1.82, 2.24) is 0 Å². The zero-order valence-corrected chi connectivity index (χ0v) is 10.00. The molecule has 0 saturated heterocycles. The van der Waals surface area contributed by atoms with Crippen molar-refractivity contribution in [3.63, 3.8) is 0 Å². The van der Waals surface area contributed by atoms with Crippen LogP contribution in [0.5, 0.6) is 0 Å². The quantitative estimate of drug-likeness (QED) is 0.846. The van der Waals surface area contributed by atoms with Gasteiger partial charge in [-0.2, -0.15) is 13.2 Å². The van der Waals surface area contributed by atoms with Gasteiger partial charge in [-0.15, -0.1) is 0 Å². The molecule has 0 aliphatic heterocycles. The molecule has 100 valence electrons. The normalized spacial score (nSPS) is 11.3. The summed E-state index contributed by atoms with van der Waals surface area (Å²) >= 11 is 0. The monoisotopic (exact) mass is 260 g/mol. The maximum absolute atomic E-state index is 12.1. The van der Waals surface area contributed by atoms with Crippen molar-refractivity contribution in [2.45, 2.75) is 25.9 Å². The first kappa shape index (κ1) is 14.3. The van der Waals surface area contributed by atoms with Crippen molar-refractivity contribution in [3.05, 3.63) is 24.3 Å². The van der Waals surface area contributed by atoms with E-state index in [2.05, 4.69) is 0 Å². The van der Waals surface area contributed by atoms with E-state index in [-0.39, 0.29) is 6.54 Å². The molecule has 0 heterocycles. The lowest BCUT2D eigenvalue weighted by atomic mass is 10.2. The van der Waals surface area contributed by atoms with Gasteiger partial charge in [0.1, 0.15) is 0 Å². The van der Waals surface area contributed by atoms with Crippen LogP contribution in [0.25, 0.3) is 0 Å². The largest absolute Gasteiger partial charge is 0.397 e. The Morgan fingerprint density at radius 3 is 2.44 bits per heavy atom. The number of nitrogens with two attached hydrogens (primary N) is 1. The van der Waals surface area contributed by atoms with Crippen LogP contribution in [0.1, 0.15) is 19.8 Å². The Labute approximate surface area is 103 Å². The molecule has 3 nitrogen and oxygen atoms in total. The standard InChI is InChI=1S/C12H15F3N2O/c1-2-17(10-6-4-3-5-9(10)16)11(18)7-8-12(13,14)15/h3-6H,2,7-8,16H2,1H3. The summed E-state index contributed by atoms with van der Waals surface area (Å²) in [7, 11) is 0. The molecule has 0 aliphatic rings. The van der Waals surface area contributed by atoms with E-state index in [0.29, 0.717) is 11.4 Å². The fraction of sp³-hybridized carbons (Fsp3) is 0.417. The third kappa shape index (κ3) is 3.94. The van der Waals surface area contributed by atoms with Crippen molar-refractivity contribution in [2.75, 3.05) is 17.2 Å². The van der Waals surface area contributed by atoms with Gasteiger partial charge in [0.25, 0.3) is 0 Å². The van der Waals surface area contributed by atoms with Crippen molar-refractivity contribution in [1.29, 1.82) is 0 Å². The average molecular weight is 260 g/mol. The SMILES string of the molecule is CCN(C(=O)CCC(F)(F)F)c1ccccc1N. The number of rotatable bonds is 4. The number of anilines is 2. The average Bonchev–Trinajstić information content (AvgIpc) is 2.29. The number of carbonyl (C=O) groups excluding carboxylic acids is 1. The van der Waals surface area contributed by atoms with E-state index in [1.165, 1.54) is 4.90 Å². The minimum absolute atomic E-state index is 0.283. The second-order valence-electron chi connectivity index (χ2n) is 3.81. The van der Waals surface area contributed by atoms with Crippen LogP contribution < -0.4 is 10.6 Å². The third-order valence-electron chi connectivity index (χ3n) is 2.47. The van der Waals surface area contributed by atoms with Crippen LogP contribution in [0.15, 0.2) is 24.3 Å². The number of nitrogens with zero attached hydrogens (tertiary/aromatic N) is 1. The van der Waals surface area contributed by atoms with E-state index in [9.17, 15) is 18.0 Å². The molecule has 0 radical (unpaired) electrons. The molecule has 0 saturated carbocycles. The highest BCUT2D eigenvalue weighted by atomic mass is 19.4. The van der Waals surface area contributed by atoms with E-state index in [4.69, 9.17) is 5.73 Å². The Kier molecular flexibility index (Phi) is 4.58. The molecule has 2 N–H and O–H groups in total. The highest BCUT2D eigenvalue weighted by Crippen LogP contribution is 2.26. The second kappa shape index (κ2) is 5.75. The lowest BCUT2D eigenvalue weighted by Gasteiger charge is -2.22. The van der Waals surface area contributed by atoms with Gasteiger partial charge in [0.2, 0.25) is 5.91 Å². The molecule has 0 atom stereocenters. The van der Waals surface area contributed by atoms with Gasteiger partial charge in [-0.05, 0) is 19.1 Å². The van der Waals surface area contributed by atoms with Crippen LogP contribution in [-0.2, 0) is 4.79 Å². The lowest BCUT2D eigenvalue weighted by molar-refractivity contribution is -0.143. The van der Waals surface area contributed by atoms with Crippen LogP contribution in [0.2, 0.25) is 0 Å². The number of alkyl halides is 3. The van der Waals surface area contributed by atoms with E-state index < -0.39 is 24.9 Å². The zero-order chi connectivity index (χ0) is 13.8. The van der Waals surface area contributed by atoms with Crippen molar-refractivity contribution in [2.24, 2.45) is 0 Å². The molecule has 1 aromatic rings. The molecule has 0 fully saturated rings. The summed E-state index contributed by atoms with van der Waals surface area (Å²) in [6, 6.07) is 6.61. The molecule has 1 amide bonds. The highest BCUT2D eigenvalue weighted by Gasteiger charge is 2.29. The summed E-state index contributed by atoms with van der Waals surface area (Å²) in [6.07, 6.45) is -6.00. The van der Waals surface area contributed by atoms with Crippen molar-refractivity contribution >= 4 is 17.3 Å². The fourth-order valence-electron chi connectivity index (χ4n) is 1.60. The smallest absolute Gasteiger partial charge is 0.389 e. The number of carbonyl (C=O) groups is 1. The summed E-state index contributed by atoms with van der Waals surface area (Å²) in [6.45, 7) is 1.98. The molecule has 18 heavy (non-hydrogen) atoms. The Bertz CT molecular complexity index is 418. The Balaban J connectivity index is 2.78. The van der Waals surface area contributed by atoms with Crippen LogP contribution >= 0.6 is 0 Å². The van der Waals surface area contributed by atoms with Gasteiger partial charge >= 0.3 is 6.18 Å². The highest BCUT2D eigenvalue weighted by molar-refractivity contribution is 5.96. The molecule has 0 aromatic heterocycles. The molecular weight excluding hydrogens is 245 g/mol. The molecular formula is C12H15F3N2O. The molecule has 0 spiro atoms. The van der Waals surface area contributed by atoms with Gasteiger partial charge < -0.3 is 10.6 Å². The van der Waals surface area contributed by atoms with Crippen LogP contribution in [0, 0.1) is 0 Å². The topological polar surface area (TPSA) is 46.3 Å². The number of halogens is 3.